The molecule has 2 aromatic rings. The maximum Gasteiger partial charge on any atom is 0.214 e. The molecule has 2 N–H and O–H groups in total. The molecule has 8 heteroatoms. The average Bonchev–Trinajstić information content (AvgIpc) is 3.35. The van der Waals surface area contributed by atoms with E-state index in [-0.39, 0.29) is 30.0 Å². The fourth-order valence-electron chi connectivity index (χ4n) is 3.13. The Balaban J connectivity index is 0.00000243. The Kier molecular flexibility index (Phi) is 7.95. The quantitative estimate of drug-likeness (QED) is 0.382. The fourth-order valence-corrected chi connectivity index (χ4v) is 3.13. The van der Waals surface area contributed by atoms with Crippen LogP contribution >= 0.6 is 24.0 Å². The third-order valence-corrected chi connectivity index (χ3v) is 4.62. The summed E-state index contributed by atoms with van der Waals surface area (Å²) in [5, 5.41) is 6.65. The third-order valence-electron chi connectivity index (χ3n) is 4.62. The largest absolute Gasteiger partial charge is 0.468 e. The van der Waals surface area contributed by atoms with Crippen LogP contribution in [0.2, 0.25) is 0 Å². The molecule has 7 nitrogen and oxygen atoms in total. The van der Waals surface area contributed by atoms with Crippen LogP contribution in [0.5, 0.6) is 0 Å². The maximum atomic E-state index is 5.65. The van der Waals surface area contributed by atoms with Crippen molar-refractivity contribution in [2.45, 2.75) is 39.3 Å². The summed E-state index contributed by atoms with van der Waals surface area (Å²) in [4.78, 5) is 11.1. The number of halogens is 1. The van der Waals surface area contributed by atoms with Crippen LogP contribution in [0, 0.1) is 13.8 Å². The summed E-state index contributed by atoms with van der Waals surface area (Å²) in [5.74, 6) is 3.24. The maximum absolute atomic E-state index is 5.65. The topological polar surface area (TPSA) is 78.8 Å². The van der Waals surface area contributed by atoms with Crippen molar-refractivity contribution in [2.75, 3.05) is 26.7 Å². The second-order valence-corrected chi connectivity index (χ2v) is 6.33. The Morgan fingerprint density at radius 2 is 2.08 bits per heavy atom. The Morgan fingerprint density at radius 1 is 1.31 bits per heavy atom. The van der Waals surface area contributed by atoms with Gasteiger partial charge in [0, 0.05) is 13.6 Å². The number of hydrogen-bond acceptors (Lipinski definition) is 5. The standard InChI is InChI=1S/C18H27N5O2.HI/c1-13-14(2)25-17(22-13)12-21-18(19-3)20-11-15(16-7-6-10-24-16)23-8-4-5-9-23;/h6-7,10,15H,4-5,8-9,11-12H2,1-3H3,(H2,19,20,21);1H. The van der Waals surface area contributed by atoms with Gasteiger partial charge in [0.25, 0.3) is 0 Å². The highest BCUT2D eigenvalue weighted by Crippen LogP contribution is 2.24. The first-order valence-corrected chi connectivity index (χ1v) is 8.82. The van der Waals surface area contributed by atoms with Crippen molar-refractivity contribution in [3.63, 3.8) is 0 Å². The zero-order valence-electron chi connectivity index (χ0n) is 15.6. The second-order valence-electron chi connectivity index (χ2n) is 6.33. The highest BCUT2D eigenvalue weighted by atomic mass is 127. The van der Waals surface area contributed by atoms with Crippen LogP contribution in [-0.2, 0) is 6.54 Å². The third kappa shape index (κ3) is 5.23. The summed E-state index contributed by atoms with van der Waals surface area (Å²) in [6, 6.07) is 4.19. The van der Waals surface area contributed by atoms with Crippen LogP contribution < -0.4 is 10.6 Å². The molecule has 0 saturated carbocycles. The van der Waals surface area contributed by atoms with Crippen molar-refractivity contribution < 1.29 is 8.83 Å². The molecule has 1 fully saturated rings. The van der Waals surface area contributed by atoms with Crippen molar-refractivity contribution in [1.29, 1.82) is 0 Å². The van der Waals surface area contributed by atoms with E-state index < -0.39 is 0 Å². The van der Waals surface area contributed by atoms with Crippen molar-refractivity contribution in [3.8, 4) is 0 Å². The molecule has 1 saturated heterocycles. The molecule has 0 aliphatic carbocycles. The molecule has 3 rings (SSSR count). The Hall–Kier alpha value is -1.55. The van der Waals surface area contributed by atoms with E-state index in [2.05, 4.69) is 25.5 Å². The summed E-state index contributed by atoms with van der Waals surface area (Å²) < 4.78 is 11.2. The Labute approximate surface area is 171 Å². The molecular formula is C18H28IN5O2. The predicted molar refractivity (Wildman–Crippen MR) is 112 cm³/mol. The van der Waals surface area contributed by atoms with Crippen molar-refractivity contribution in [1.82, 2.24) is 20.5 Å². The number of aromatic nitrogens is 1. The van der Waals surface area contributed by atoms with Gasteiger partial charge in [0.1, 0.15) is 11.5 Å². The molecule has 1 unspecified atom stereocenters. The SMILES string of the molecule is CN=C(NCc1nc(C)c(C)o1)NCC(c1ccco1)N1CCCC1.I. The minimum Gasteiger partial charge on any atom is -0.468 e. The molecule has 1 atom stereocenters. The number of furan rings is 1. The lowest BCUT2D eigenvalue weighted by atomic mass is 10.2. The number of hydrogen-bond donors (Lipinski definition) is 2. The summed E-state index contributed by atoms with van der Waals surface area (Å²) in [6.07, 6.45) is 4.22. The van der Waals surface area contributed by atoms with E-state index in [4.69, 9.17) is 8.83 Å². The van der Waals surface area contributed by atoms with Crippen LogP contribution in [0.15, 0.2) is 32.2 Å². The monoisotopic (exact) mass is 473 g/mol. The molecule has 26 heavy (non-hydrogen) atoms. The van der Waals surface area contributed by atoms with E-state index in [1.54, 1.807) is 13.3 Å². The molecule has 0 aromatic carbocycles. The van der Waals surface area contributed by atoms with Crippen LogP contribution in [0.4, 0.5) is 0 Å². The van der Waals surface area contributed by atoms with Crippen molar-refractivity contribution in [3.05, 3.63) is 41.5 Å². The van der Waals surface area contributed by atoms with E-state index >= 15 is 0 Å². The number of oxazole rings is 1. The lowest BCUT2D eigenvalue weighted by Crippen LogP contribution is -2.42. The predicted octanol–water partition coefficient (Wildman–Crippen LogP) is 3.00. The van der Waals surface area contributed by atoms with Crippen LogP contribution in [0.1, 0.15) is 42.0 Å². The fraction of sp³-hybridized carbons (Fsp3) is 0.556. The van der Waals surface area contributed by atoms with Crippen LogP contribution in [0.3, 0.4) is 0 Å². The molecule has 0 bridgehead atoms. The van der Waals surface area contributed by atoms with E-state index in [1.165, 1.54) is 12.8 Å². The van der Waals surface area contributed by atoms with Gasteiger partial charge in [0.2, 0.25) is 5.89 Å². The van der Waals surface area contributed by atoms with Gasteiger partial charge in [-0.3, -0.25) is 9.89 Å². The lowest BCUT2D eigenvalue weighted by molar-refractivity contribution is 0.215. The zero-order chi connectivity index (χ0) is 17.6. The molecule has 3 heterocycles. The summed E-state index contributed by atoms with van der Waals surface area (Å²) in [6.45, 7) is 7.31. The van der Waals surface area contributed by atoms with Crippen LogP contribution in [-0.4, -0.2) is 42.5 Å². The van der Waals surface area contributed by atoms with E-state index in [0.717, 1.165) is 42.8 Å². The number of guanidine groups is 1. The van der Waals surface area contributed by atoms with Gasteiger partial charge in [-0.25, -0.2) is 4.98 Å². The van der Waals surface area contributed by atoms with Gasteiger partial charge in [0.05, 0.1) is 24.5 Å². The van der Waals surface area contributed by atoms with E-state index in [9.17, 15) is 0 Å². The summed E-state index contributed by atoms with van der Waals surface area (Å²) in [5.41, 5.74) is 0.923. The number of nitrogens with one attached hydrogen (secondary N) is 2. The first-order chi connectivity index (χ1) is 12.2. The second kappa shape index (κ2) is 9.96. The molecule has 1 aliphatic heterocycles. The minimum absolute atomic E-state index is 0. The van der Waals surface area contributed by atoms with Gasteiger partial charge in [-0.1, -0.05) is 0 Å². The van der Waals surface area contributed by atoms with Gasteiger partial charge in [-0.2, -0.15) is 0 Å². The molecule has 0 spiro atoms. The first-order valence-electron chi connectivity index (χ1n) is 8.82. The number of nitrogens with zero attached hydrogens (tertiary/aromatic N) is 3. The molecule has 144 valence electrons. The number of rotatable bonds is 6. The Bertz CT molecular complexity index is 673. The smallest absolute Gasteiger partial charge is 0.214 e. The van der Waals surface area contributed by atoms with Crippen LogP contribution in [0.25, 0.3) is 0 Å². The number of aliphatic imine (C=N–C) groups is 1. The number of likely N-dealkylation sites (tertiary alicyclic amines) is 1. The molecule has 1 aliphatic rings. The molecular weight excluding hydrogens is 445 g/mol. The Morgan fingerprint density at radius 3 is 2.65 bits per heavy atom. The van der Waals surface area contributed by atoms with E-state index in [0.29, 0.717) is 12.4 Å². The zero-order valence-corrected chi connectivity index (χ0v) is 17.9. The highest BCUT2D eigenvalue weighted by molar-refractivity contribution is 14.0. The van der Waals surface area contributed by atoms with Crippen molar-refractivity contribution in [2.24, 2.45) is 4.99 Å². The van der Waals surface area contributed by atoms with Gasteiger partial charge in [0.15, 0.2) is 5.96 Å². The van der Waals surface area contributed by atoms with Gasteiger partial charge < -0.3 is 19.5 Å². The minimum atomic E-state index is 0. The molecule has 2 aromatic heterocycles. The normalized spacial score (nSPS) is 16.3. The average molecular weight is 473 g/mol. The molecule has 0 radical (unpaired) electrons. The summed E-state index contributed by atoms with van der Waals surface area (Å²) in [7, 11) is 1.76. The van der Waals surface area contributed by atoms with Gasteiger partial charge in [-0.05, 0) is 51.9 Å². The van der Waals surface area contributed by atoms with Gasteiger partial charge >= 0.3 is 0 Å². The number of aryl methyl sites for hydroxylation is 2. The summed E-state index contributed by atoms with van der Waals surface area (Å²) >= 11 is 0. The first kappa shape index (κ1) is 20.8. The van der Waals surface area contributed by atoms with E-state index in [1.807, 2.05) is 26.0 Å². The molecule has 0 amide bonds. The lowest BCUT2D eigenvalue weighted by Gasteiger charge is -2.26. The van der Waals surface area contributed by atoms with Gasteiger partial charge in [-0.15, -0.1) is 24.0 Å². The van der Waals surface area contributed by atoms with Crippen molar-refractivity contribution >= 4 is 29.9 Å². The highest BCUT2D eigenvalue weighted by Gasteiger charge is 2.25.